The molecule has 2 aromatic carbocycles. The van der Waals surface area contributed by atoms with Gasteiger partial charge < -0.3 is 14.4 Å². The molecular formula is C21H25N3O5S. The number of benzene rings is 2. The fourth-order valence-electron chi connectivity index (χ4n) is 3.52. The molecule has 0 unspecified atom stereocenters. The van der Waals surface area contributed by atoms with Gasteiger partial charge in [0.1, 0.15) is 0 Å². The van der Waals surface area contributed by atoms with Gasteiger partial charge >= 0.3 is 0 Å². The minimum Gasteiger partial charge on any atom is -0.454 e. The van der Waals surface area contributed by atoms with Crippen LogP contribution in [0.15, 0.2) is 42.5 Å². The summed E-state index contributed by atoms with van der Waals surface area (Å²) in [6.45, 7) is 5.51. The van der Waals surface area contributed by atoms with E-state index in [1.165, 1.54) is 0 Å². The van der Waals surface area contributed by atoms with E-state index in [0.717, 1.165) is 36.7 Å². The van der Waals surface area contributed by atoms with Gasteiger partial charge in [-0.3, -0.25) is 14.4 Å². The lowest BCUT2D eigenvalue weighted by atomic mass is 10.1. The highest BCUT2D eigenvalue weighted by Crippen LogP contribution is 2.32. The lowest BCUT2D eigenvalue weighted by Crippen LogP contribution is -2.48. The molecule has 0 aromatic heterocycles. The van der Waals surface area contributed by atoms with Crippen molar-refractivity contribution >= 4 is 21.6 Å². The molecule has 1 amide bonds. The zero-order valence-electron chi connectivity index (χ0n) is 16.8. The first-order valence-electron chi connectivity index (χ1n) is 9.94. The molecule has 8 nitrogen and oxygen atoms in total. The van der Waals surface area contributed by atoms with Crippen molar-refractivity contribution in [3.8, 4) is 11.5 Å². The Morgan fingerprint density at radius 2 is 1.70 bits per heavy atom. The Hall–Kier alpha value is -2.78. The van der Waals surface area contributed by atoms with Crippen LogP contribution in [-0.4, -0.2) is 62.8 Å². The lowest BCUT2D eigenvalue weighted by Gasteiger charge is -2.34. The molecule has 2 aromatic rings. The number of nitrogens with one attached hydrogen (secondary N) is 1. The van der Waals surface area contributed by atoms with Crippen LogP contribution in [0.1, 0.15) is 22.8 Å². The van der Waals surface area contributed by atoms with Gasteiger partial charge in [-0.1, -0.05) is 6.07 Å². The van der Waals surface area contributed by atoms with Crippen LogP contribution in [0.5, 0.6) is 11.5 Å². The molecule has 0 aliphatic carbocycles. The number of fused-ring (bicyclic) bond motifs is 1. The number of carbonyl (C=O) groups excluding carboxylic acids is 1. The quantitative estimate of drug-likeness (QED) is 0.754. The third kappa shape index (κ3) is 4.68. The van der Waals surface area contributed by atoms with Crippen LogP contribution in [0.3, 0.4) is 0 Å². The second kappa shape index (κ2) is 8.53. The summed E-state index contributed by atoms with van der Waals surface area (Å²) in [5.41, 5.74) is 2.17. The van der Waals surface area contributed by atoms with Crippen LogP contribution in [0, 0.1) is 0 Å². The summed E-state index contributed by atoms with van der Waals surface area (Å²) in [6.07, 6.45) is 0. The molecule has 30 heavy (non-hydrogen) atoms. The molecule has 0 atom stereocenters. The molecule has 0 saturated carbocycles. The minimum atomic E-state index is -3.33. The number of piperazine rings is 1. The maximum atomic E-state index is 12.8. The number of carbonyl (C=O) groups is 1. The molecule has 1 fully saturated rings. The predicted molar refractivity (Wildman–Crippen MR) is 113 cm³/mol. The van der Waals surface area contributed by atoms with Gasteiger partial charge in [-0.05, 0) is 48.9 Å². The molecule has 4 rings (SSSR count). The Labute approximate surface area is 176 Å². The van der Waals surface area contributed by atoms with E-state index in [2.05, 4.69) is 9.62 Å². The smallest absolute Gasteiger partial charge is 0.253 e. The van der Waals surface area contributed by atoms with Crippen molar-refractivity contribution in [1.29, 1.82) is 0 Å². The van der Waals surface area contributed by atoms with Gasteiger partial charge in [0.25, 0.3) is 5.91 Å². The zero-order chi connectivity index (χ0) is 21.1. The van der Waals surface area contributed by atoms with Crippen LogP contribution in [0.25, 0.3) is 0 Å². The topological polar surface area (TPSA) is 88.2 Å². The lowest BCUT2D eigenvalue weighted by molar-refractivity contribution is 0.0628. The molecule has 0 radical (unpaired) electrons. The van der Waals surface area contributed by atoms with Gasteiger partial charge in [-0.2, -0.15) is 0 Å². The molecule has 1 N–H and O–H groups in total. The first-order valence-corrected chi connectivity index (χ1v) is 11.6. The van der Waals surface area contributed by atoms with E-state index in [1.807, 2.05) is 23.1 Å². The second-order valence-electron chi connectivity index (χ2n) is 7.34. The Morgan fingerprint density at radius 3 is 2.40 bits per heavy atom. The molecular weight excluding hydrogens is 406 g/mol. The summed E-state index contributed by atoms with van der Waals surface area (Å²) in [5, 5.41) is 0. The number of sulfonamides is 1. The summed E-state index contributed by atoms with van der Waals surface area (Å²) in [6, 6.07) is 12.5. The Kier molecular flexibility index (Phi) is 5.83. The van der Waals surface area contributed by atoms with Gasteiger partial charge in [0.2, 0.25) is 16.8 Å². The fourth-order valence-corrected chi connectivity index (χ4v) is 4.16. The number of rotatable bonds is 6. The van der Waals surface area contributed by atoms with Crippen LogP contribution < -0.4 is 14.2 Å². The monoisotopic (exact) mass is 431 g/mol. The number of amides is 1. The van der Waals surface area contributed by atoms with Crippen molar-refractivity contribution in [2.24, 2.45) is 0 Å². The van der Waals surface area contributed by atoms with Crippen molar-refractivity contribution in [3.63, 3.8) is 0 Å². The zero-order valence-corrected chi connectivity index (χ0v) is 17.7. The average molecular weight is 432 g/mol. The Balaban J connectivity index is 1.31. The molecule has 0 bridgehead atoms. The van der Waals surface area contributed by atoms with Crippen LogP contribution in [-0.2, 0) is 16.6 Å². The third-order valence-corrected chi connectivity index (χ3v) is 6.59. The van der Waals surface area contributed by atoms with Crippen molar-refractivity contribution in [2.45, 2.75) is 13.5 Å². The first kappa shape index (κ1) is 20.5. The van der Waals surface area contributed by atoms with Crippen molar-refractivity contribution < 1.29 is 22.7 Å². The molecule has 2 heterocycles. The molecule has 160 valence electrons. The van der Waals surface area contributed by atoms with E-state index in [9.17, 15) is 13.2 Å². The molecule has 2 aliphatic rings. The molecule has 2 aliphatic heterocycles. The number of hydrogen-bond acceptors (Lipinski definition) is 6. The number of hydrogen-bond donors (Lipinski definition) is 1. The number of ether oxygens (including phenoxy) is 2. The first-order chi connectivity index (χ1) is 14.4. The highest BCUT2D eigenvalue weighted by atomic mass is 32.2. The van der Waals surface area contributed by atoms with E-state index < -0.39 is 10.0 Å². The van der Waals surface area contributed by atoms with Gasteiger partial charge in [-0.15, -0.1) is 0 Å². The van der Waals surface area contributed by atoms with Crippen molar-refractivity contribution in [1.82, 2.24) is 9.80 Å². The van der Waals surface area contributed by atoms with Gasteiger partial charge in [-0.25, -0.2) is 8.42 Å². The summed E-state index contributed by atoms with van der Waals surface area (Å²) in [5.74, 6) is 1.53. The normalized spacial score (nSPS) is 16.5. The number of nitrogens with zero attached hydrogens (tertiary/aromatic N) is 2. The van der Waals surface area contributed by atoms with E-state index in [-0.39, 0.29) is 18.5 Å². The predicted octanol–water partition coefficient (Wildman–Crippen LogP) is 2.13. The largest absolute Gasteiger partial charge is 0.454 e. The molecule has 1 saturated heterocycles. The number of anilines is 1. The average Bonchev–Trinajstić information content (AvgIpc) is 3.22. The second-order valence-corrected chi connectivity index (χ2v) is 9.35. The van der Waals surface area contributed by atoms with Gasteiger partial charge in [0.15, 0.2) is 11.5 Å². The van der Waals surface area contributed by atoms with E-state index >= 15 is 0 Å². The maximum Gasteiger partial charge on any atom is 0.253 e. The standard InChI is InChI=1S/C21H25N3O5S/c1-2-30(26,27)22-18-6-4-17(5-7-18)21(25)24-11-9-23(10-12-24)14-16-3-8-19-20(13-16)29-15-28-19/h3-8,13,22H,2,9-12,14-15H2,1H3. The summed E-state index contributed by atoms with van der Waals surface area (Å²) in [7, 11) is -3.33. The highest BCUT2D eigenvalue weighted by Gasteiger charge is 2.23. The molecule has 9 heteroatoms. The summed E-state index contributed by atoms with van der Waals surface area (Å²) in [4.78, 5) is 16.9. The van der Waals surface area contributed by atoms with Crippen LogP contribution >= 0.6 is 0 Å². The summed E-state index contributed by atoms with van der Waals surface area (Å²) < 4.78 is 36.6. The van der Waals surface area contributed by atoms with Crippen molar-refractivity contribution in [3.05, 3.63) is 53.6 Å². The van der Waals surface area contributed by atoms with E-state index in [0.29, 0.717) is 24.3 Å². The van der Waals surface area contributed by atoms with Crippen LogP contribution in [0.2, 0.25) is 0 Å². The SMILES string of the molecule is CCS(=O)(=O)Nc1ccc(C(=O)N2CCN(Cc3ccc4c(c3)OCO4)CC2)cc1. The fraction of sp³-hybridized carbons (Fsp3) is 0.381. The van der Waals surface area contributed by atoms with Crippen molar-refractivity contribution in [2.75, 3.05) is 43.4 Å². The maximum absolute atomic E-state index is 12.8. The Morgan fingerprint density at radius 1 is 1.00 bits per heavy atom. The third-order valence-electron chi connectivity index (χ3n) is 5.29. The highest BCUT2D eigenvalue weighted by molar-refractivity contribution is 7.92. The van der Waals surface area contributed by atoms with E-state index in [4.69, 9.17) is 9.47 Å². The minimum absolute atomic E-state index is 0.00418. The van der Waals surface area contributed by atoms with E-state index in [1.54, 1.807) is 31.2 Å². The molecule has 0 spiro atoms. The van der Waals surface area contributed by atoms with Gasteiger partial charge in [0.05, 0.1) is 5.75 Å². The van der Waals surface area contributed by atoms with Crippen LogP contribution in [0.4, 0.5) is 5.69 Å². The van der Waals surface area contributed by atoms with Gasteiger partial charge in [0, 0.05) is 44.0 Å². The summed E-state index contributed by atoms with van der Waals surface area (Å²) >= 11 is 0. The Bertz CT molecular complexity index is 1020.